The van der Waals surface area contributed by atoms with Crippen molar-refractivity contribution in [2.45, 2.75) is 24.5 Å². The van der Waals surface area contributed by atoms with Crippen LogP contribution in [0.25, 0.3) is 11.1 Å². The highest BCUT2D eigenvalue weighted by molar-refractivity contribution is 7.89. The van der Waals surface area contributed by atoms with Gasteiger partial charge in [0.15, 0.2) is 9.84 Å². The van der Waals surface area contributed by atoms with Crippen molar-refractivity contribution in [1.82, 2.24) is 9.97 Å². The Bertz CT molecular complexity index is 799. The van der Waals surface area contributed by atoms with Crippen LogP contribution in [0.3, 0.4) is 0 Å². The van der Waals surface area contributed by atoms with Crippen molar-refractivity contribution in [2.75, 3.05) is 13.4 Å². The van der Waals surface area contributed by atoms with Crippen LogP contribution in [0.15, 0.2) is 30.7 Å². The Kier molecular flexibility index (Phi) is 3.87. The third-order valence-corrected chi connectivity index (χ3v) is 4.55. The fourth-order valence-corrected chi connectivity index (χ4v) is 3.36. The van der Waals surface area contributed by atoms with E-state index in [-0.39, 0.29) is 5.75 Å². The van der Waals surface area contributed by atoms with E-state index in [1.807, 2.05) is 12.1 Å². The Morgan fingerprint density at radius 3 is 2.68 bits per heavy atom. The van der Waals surface area contributed by atoms with E-state index in [2.05, 4.69) is 9.97 Å². The number of ether oxygens (including phenoxy) is 1. The van der Waals surface area contributed by atoms with E-state index >= 15 is 0 Å². The first-order valence-electron chi connectivity index (χ1n) is 7.13. The van der Waals surface area contributed by atoms with Gasteiger partial charge in [-0.25, -0.2) is 18.4 Å². The Balaban J connectivity index is 2.04. The molecular formula is C16H18N2O3S. The predicted octanol–water partition coefficient (Wildman–Crippen LogP) is 2.57. The molecule has 2 aromatic rings. The molecule has 0 radical (unpaired) electrons. The first kappa shape index (κ1) is 15.0. The van der Waals surface area contributed by atoms with Gasteiger partial charge in [-0.1, -0.05) is 12.1 Å². The number of nitrogens with zero attached hydrogens (tertiary/aromatic N) is 2. The molecule has 1 aromatic heterocycles. The number of methoxy groups -OCH3 is 1. The van der Waals surface area contributed by atoms with Gasteiger partial charge >= 0.3 is 0 Å². The smallest absolute Gasteiger partial charge is 0.151 e. The lowest BCUT2D eigenvalue weighted by molar-refractivity contribution is 0.416. The second-order valence-electron chi connectivity index (χ2n) is 5.70. The SMILES string of the molecule is COc1cc(CS(C)(=O)=O)ccc1-c1cncnc1C1CC1. The minimum Gasteiger partial charge on any atom is -0.496 e. The predicted molar refractivity (Wildman–Crippen MR) is 84.5 cm³/mol. The molecular weight excluding hydrogens is 300 g/mol. The van der Waals surface area contributed by atoms with Gasteiger partial charge in [0, 0.05) is 29.5 Å². The van der Waals surface area contributed by atoms with Crippen LogP contribution >= 0.6 is 0 Å². The molecule has 6 heteroatoms. The summed E-state index contributed by atoms with van der Waals surface area (Å²) >= 11 is 0. The van der Waals surface area contributed by atoms with Crippen LogP contribution in [0.5, 0.6) is 5.75 Å². The average Bonchev–Trinajstić information content (AvgIpc) is 3.30. The van der Waals surface area contributed by atoms with Crippen LogP contribution in [0.2, 0.25) is 0 Å². The van der Waals surface area contributed by atoms with E-state index in [1.54, 1.807) is 25.7 Å². The number of hydrogen-bond donors (Lipinski definition) is 0. The Morgan fingerprint density at radius 1 is 1.27 bits per heavy atom. The van der Waals surface area contributed by atoms with Crippen molar-refractivity contribution in [3.63, 3.8) is 0 Å². The Labute approximate surface area is 130 Å². The van der Waals surface area contributed by atoms with Gasteiger partial charge in [0.1, 0.15) is 12.1 Å². The van der Waals surface area contributed by atoms with E-state index < -0.39 is 9.84 Å². The van der Waals surface area contributed by atoms with Gasteiger partial charge in [-0.15, -0.1) is 0 Å². The van der Waals surface area contributed by atoms with Crippen LogP contribution in [-0.4, -0.2) is 31.8 Å². The molecule has 22 heavy (non-hydrogen) atoms. The van der Waals surface area contributed by atoms with E-state index in [9.17, 15) is 8.42 Å². The molecule has 0 bridgehead atoms. The third kappa shape index (κ3) is 3.27. The minimum absolute atomic E-state index is 0.00438. The maximum Gasteiger partial charge on any atom is 0.151 e. The van der Waals surface area contributed by atoms with Crippen LogP contribution in [0, 0.1) is 0 Å². The lowest BCUT2D eigenvalue weighted by Crippen LogP contribution is -2.02. The summed E-state index contributed by atoms with van der Waals surface area (Å²) in [6.45, 7) is 0. The van der Waals surface area contributed by atoms with Crippen molar-refractivity contribution in [3.05, 3.63) is 42.0 Å². The summed E-state index contributed by atoms with van der Waals surface area (Å²) in [5, 5.41) is 0. The number of rotatable bonds is 5. The highest BCUT2D eigenvalue weighted by Crippen LogP contribution is 2.44. The number of benzene rings is 1. The van der Waals surface area contributed by atoms with Crippen molar-refractivity contribution < 1.29 is 13.2 Å². The monoisotopic (exact) mass is 318 g/mol. The van der Waals surface area contributed by atoms with Gasteiger partial charge in [-0.2, -0.15) is 0 Å². The summed E-state index contributed by atoms with van der Waals surface area (Å²) in [6, 6.07) is 5.49. The summed E-state index contributed by atoms with van der Waals surface area (Å²) in [7, 11) is -1.48. The molecule has 0 unspecified atom stereocenters. The highest BCUT2D eigenvalue weighted by atomic mass is 32.2. The molecule has 116 valence electrons. The number of hydrogen-bond acceptors (Lipinski definition) is 5. The van der Waals surface area contributed by atoms with E-state index in [0.29, 0.717) is 17.2 Å². The maximum atomic E-state index is 11.4. The molecule has 1 aromatic carbocycles. The van der Waals surface area contributed by atoms with Crippen LogP contribution in [0.1, 0.15) is 30.0 Å². The zero-order chi connectivity index (χ0) is 15.7. The molecule has 5 nitrogen and oxygen atoms in total. The summed E-state index contributed by atoms with van der Waals surface area (Å²) in [5.41, 5.74) is 3.63. The largest absolute Gasteiger partial charge is 0.496 e. The molecule has 1 saturated carbocycles. The lowest BCUT2D eigenvalue weighted by Gasteiger charge is -2.13. The molecule has 0 atom stereocenters. The van der Waals surface area contributed by atoms with E-state index in [4.69, 9.17) is 4.74 Å². The van der Waals surface area contributed by atoms with E-state index in [1.165, 1.54) is 6.26 Å². The quantitative estimate of drug-likeness (QED) is 0.847. The molecule has 0 saturated heterocycles. The van der Waals surface area contributed by atoms with Crippen LogP contribution < -0.4 is 4.74 Å². The van der Waals surface area contributed by atoms with Crippen LogP contribution in [-0.2, 0) is 15.6 Å². The zero-order valence-corrected chi connectivity index (χ0v) is 13.4. The van der Waals surface area contributed by atoms with E-state index in [0.717, 1.165) is 29.7 Å². The zero-order valence-electron chi connectivity index (χ0n) is 12.6. The molecule has 0 spiro atoms. The highest BCUT2D eigenvalue weighted by Gasteiger charge is 2.28. The van der Waals surface area contributed by atoms with Gasteiger partial charge in [-0.3, -0.25) is 0 Å². The van der Waals surface area contributed by atoms with Gasteiger partial charge in [0.05, 0.1) is 18.6 Å². The standard InChI is InChI=1S/C16H18N2O3S/c1-21-15-7-11(9-22(2,19)20)3-6-13(15)14-8-17-10-18-16(14)12-4-5-12/h3,6-8,10,12H,4-5,9H2,1-2H3. The normalized spacial score (nSPS) is 14.8. The van der Waals surface area contributed by atoms with Crippen molar-refractivity contribution in [3.8, 4) is 16.9 Å². The minimum atomic E-state index is -3.07. The topological polar surface area (TPSA) is 69.2 Å². The fourth-order valence-electron chi connectivity index (χ4n) is 2.58. The van der Waals surface area contributed by atoms with Crippen molar-refractivity contribution in [1.29, 1.82) is 0 Å². The molecule has 1 aliphatic rings. The molecule has 1 fully saturated rings. The molecule has 0 aliphatic heterocycles. The molecule has 1 heterocycles. The summed E-state index contributed by atoms with van der Waals surface area (Å²) in [6.07, 6.45) is 6.90. The van der Waals surface area contributed by atoms with Gasteiger partial charge in [0.2, 0.25) is 0 Å². The Morgan fingerprint density at radius 2 is 2.05 bits per heavy atom. The summed E-state index contributed by atoms with van der Waals surface area (Å²) in [5.74, 6) is 1.15. The van der Waals surface area contributed by atoms with Crippen molar-refractivity contribution >= 4 is 9.84 Å². The second kappa shape index (κ2) is 5.68. The maximum absolute atomic E-state index is 11.4. The van der Waals surface area contributed by atoms with Gasteiger partial charge in [0.25, 0.3) is 0 Å². The molecule has 0 N–H and O–H groups in total. The molecule has 0 amide bonds. The molecule has 3 rings (SSSR count). The summed E-state index contributed by atoms with van der Waals surface area (Å²) < 4.78 is 28.4. The second-order valence-corrected chi connectivity index (χ2v) is 7.84. The van der Waals surface area contributed by atoms with Crippen LogP contribution in [0.4, 0.5) is 0 Å². The Hall–Kier alpha value is -1.95. The van der Waals surface area contributed by atoms with Crippen molar-refractivity contribution in [2.24, 2.45) is 0 Å². The van der Waals surface area contributed by atoms with Gasteiger partial charge < -0.3 is 4.74 Å². The lowest BCUT2D eigenvalue weighted by atomic mass is 10.0. The average molecular weight is 318 g/mol. The van der Waals surface area contributed by atoms with Gasteiger partial charge in [-0.05, 0) is 24.5 Å². The summed E-state index contributed by atoms with van der Waals surface area (Å²) in [4.78, 5) is 8.54. The number of sulfone groups is 1. The first-order valence-corrected chi connectivity index (χ1v) is 9.19. The fraction of sp³-hybridized carbons (Fsp3) is 0.375. The first-order chi connectivity index (χ1) is 10.5. The third-order valence-electron chi connectivity index (χ3n) is 3.69. The molecule has 1 aliphatic carbocycles. The number of aromatic nitrogens is 2.